The molecule has 0 saturated carbocycles. The van der Waals surface area contributed by atoms with Crippen LogP contribution >= 0.6 is 0 Å². The molecule has 144 valence electrons. The number of rotatable bonds is 6. The van der Waals surface area contributed by atoms with Gasteiger partial charge in [0.15, 0.2) is 0 Å². The monoisotopic (exact) mass is 381 g/mol. The highest BCUT2D eigenvalue weighted by molar-refractivity contribution is 6.12. The van der Waals surface area contributed by atoms with Crippen LogP contribution in [0.25, 0.3) is 11.0 Å². The number of benzene rings is 2. The summed E-state index contributed by atoms with van der Waals surface area (Å²) in [6, 6.07) is 12.4. The number of carbonyl (C=O) groups excluding carboxylic acids is 2. The topological polar surface area (TPSA) is 94.8 Å². The van der Waals surface area contributed by atoms with E-state index >= 15 is 0 Å². The van der Waals surface area contributed by atoms with E-state index in [0.717, 1.165) is 6.07 Å². The van der Waals surface area contributed by atoms with Crippen molar-refractivity contribution >= 4 is 28.5 Å². The van der Waals surface area contributed by atoms with E-state index in [1.807, 2.05) is 6.92 Å². The van der Waals surface area contributed by atoms with Crippen molar-refractivity contribution < 1.29 is 23.5 Å². The molecule has 1 aromatic heterocycles. The second-order valence-electron chi connectivity index (χ2n) is 5.82. The van der Waals surface area contributed by atoms with Crippen molar-refractivity contribution in [1.82, 2.24) is 0 Å². The first-order valence-corrected chi connectivity index (χ1v) is 8.81. The molecule has 1 heterocycles. The van der Waals surface area contributed by atoms with Crippen LogP contribution in [0.1, 0.15) is 34.6 Å². The number of amides is 1. The molecule has 1 amide bonds. The van der Waals surface area contributed by atoms with Gasteiger partial charge >= 0.3 is 11.6 Å². The molecular weight excluding hydrogens is 362 g/mol. The van der Waals surface area contributed by atoms with Gasteiger partial charge in [-0.1, -0.05) is 0 Å². The first-order chi connectivity index (χ1) is 13.5. The molecule has 0 unspecified atom stereocenters. The van der Waals surface area contributed by atoms with Crippen molar-refractivity contribution in [2.45, 2.75) is 13.8 Å². The number of hydrogen-bond acceptors (Lipinski definition) is 6. The highest BCUT2D eigenvalue weighted by Crippen LogP contribution is 2.23. The summed E-state index contributed by atoms with van der Waals surface area (Å²) in [7, 11) is 0. The lowest BCUT2D eigenvalue weighted by Gasteiger charge is -2.09. The SMILES string of the molecule is CCOC(=O)c1ccc(NC(=O)c2cc(=O)oc3cc(OCC)ccc23)cc1. The van der Waals surface area contributed by atoms with E-state index in [1.54, 1.807) is 49.4 Å². The number of ether oxygens (including phenoxy) is 2. The third-order valence-electron chi connectivity index (χ3n) is 3.93. The lowest BCUT2D eigenvalue weighted by atomic mass is 10.1. The maximum atomic E-state index is 12.7. The molecule has 0 radical (unpaired) electrons. The summed E-state index contributed by atoms with van der Waals surface area (Å²) >= 11 is 0. The average Bonchev–Trinajstić information content (AvgIpc) is 2.68. The lowest BCUT2D eigenvalue weighted by Crippen LogP contribution is -2.15. The highest BCUT2D eigenvalue weighted by atomic mass is 16.5. The minimum atomic E-state index is -0.635. The van der Waals surface area contributed by atoms with Crippen LogP contribution in [0.3, 0.4) is 0 Å². The number of esters is 1. The second-order valence-corrected chi connectivity index (χ2v) is 5.82. The molecule has 0 atom stereocenters. The number of nitrogens with one attached hydrogen (secondary N) is 1. The number of fused-ring (bicyclic) bond motifs is 1. The summed E-state index contributed by atoms with van der Waals surface area (Å²) in [5, 5.41) is 3.20. The van der Waals surface area contributed by atoms with Crippen LogP contribution < -0.4 is 15.7 Å². The van der Waals surface area contributed by atoms with Crippen LogP contribution in [-0.2, 0) is 4.74 Å². The van der Waals surface area contributed by atoms with Crippen LogP contribution in [0.15, 0.2) is 57.7 Å². The molecule has 0 spiro atoms. The molecule has 1 N–H and O–H groups in total. The zero-order valence-corrected chi connectivity index (χ0v) is 15.5. The van der Waals surface area contributed by atoms with Crippen molar-refractivity contribution in [2.75, 3.05) is 18.5 Å². The Bertz CT molecular complexity index is 1070. The molecule has 0 aliphatic heterocycles. The summed E-state index contributed by atoms with van der Waals surface area (Å²) in [5.41, 5.74) is 0.675. The fourth-order valence-electron chi connectivity index (χ4n) is 2.69. The Labute approximate surface area is 160 Å². The second kappa shape index (κ2) is 8.39. The van der Waals surface area contributed by atoms with Gasteiger partial charge < -0.3 is 19.2 Å². The van der Waals surface area contributed by atoms with Crippen LogP contribution in [0, 0.1) is 0 Å². The third kappa shape index (κ3) is 4.20. The average molecular weight is 381 g/mol. The minimum Gasteiger partial charge on any atom is -0.494 e. The smallest absolute Gasteiger partial charge is 0.338 e. The normalized spacial score (nSPS) is 10.5. The van der Waals surface area contributed by atoms with E-state index in [1.165, 1.54) is 0 Å². The molecular formula is C21H19NO6. The first kappa shape index (κ1) is 19.2. The Morgan fingerprint density at radius 1 is 1.00 bits per heavy atom. The maximum Gasteiger partial charge on any atom is 0.338 e. The molecule has 3 aromatic rings. The van der Waals surface area contributed by atoms with E-state index in [9.17, 15) is 14.4 Å². The van der Waals surface area contributed by atoms with Gasteiger partial charge in [0.25, 0.3) is 5.91 Å². The van der Waals surface area contributed by atoms with E-state index in [-0.39, 0.29) is 17.8 Å². The van der Waals surface area contributed by atoms with Gasteiger partial charge in [-0.2, -0.15) is 0 Å². The third-order valence-corrected chi connectivity index (χ3v) is 3.93. The Balaban J connectivity index is 1.87. The van der Waals surface area contributed by atoms with Gasteiger partial charge in [-0.3, -0.25) is 4.79 Å². The molecule has 7 nitrogen and oxygen atoms in total. The highest BCUT2D eigenvalue weighted by Gasteiger charge is 2.15. The van der Waals surface area contributed by atoms with Crippen molar-refractivity contribution in [3.8, 4) is 5.75 Å². The molecule has 0 bridgehead atoms. The van der Waals surface area contributed by atoms with Crippen molar-refractivity contribution in [3.05, 3.63) is 70.1 Å². The predicted octanol–water partition coefficient (Wildman–Crippen LogP) is 3.62. The fraction of sp³-hybridized carbons (Fsp3) is 0.190. The van der Waals surface area contributed by atoms with Crippen molar-refractivity contribution in [2.24, 2.45) is 0 Å². The van der Waals surface area contributed by atoms with Gasteiger partial charge in [0.1, 0.15) is 11.3 Å². The van der Waals surface area contributed by atoms with Crippen LogP contribution in [0.2, 0.25) is 0 Å². The Morgan fingerprint density at radius 2 is 1.75 bits per heavy atom. The summed E-state index contributed by atoms with van der Waals surface area (Å²) in [6.45, 7) is 4.33. The fourth-order valence-corrected chi connectivity index (χ4v) is 2.69. The Kier molecular flexibility index (Phi) is 5.74. The molecule has 0 aliphatic carbocycles. The van der Waals surface area contributed by atoms with E-state index in [4.69, 9.17) is 13.9 Å². The van der Waals surface area contributed by atoms with Crippen molar-refractivity contribution in [3.63, 3.8) is 0 Å². The van der Waals surface area contributed by atoms with Crippen LogP contribution in [0.4, 0.5) is 5.69 Å². The molecule has 7 heteroatoms. The Morgan fingerprint density at radius 3 is 2.43 bits per heavy atom. The minimum absolute atomic E-state index is 0.184. The number of anilines is 1. The standard InChI is InChI=1S/C21H19NO6/c1-3-26-15-9-10-16-17(12-19(23)28-18(16)11-15)20(24)22-14-7-5-13(6-8-14)21(25)27-4-2/h5-12H,3-4H2,1-2H3,(H,22,24). The summed E-state index contributed by atoms with van der Waals surface area (Å²) in [5.74, 6) is -0.353. The predicted molar refractivity (Wildman–Crippen MR) is 104 cm³/mol. The molecule has 2 aromatic carbocycles. The largest absolute Gasteiger partial charge is 0.494 e. The number of hydrogen-bond donors (Lipinski definition) is 1. The van der Waals surface area contributed by atoms with Crippen LogP contribution in [0.5, 0.6) is 5.75 Å². The molecule has 3 rings (SSSR count). The van der Waals surface area contributed by atoms with E-state index in [2.05, 4.69) is 5.32 Å². The van der Waals surface area contributed by atoms with Gasteiger partial charge in [0.05, 0.1) is 24.3 Å². The van der Waals surface area contributed by atoms with Crippen molar-refractivity contribution in [1.29, 1.82) is 0 Å². The number of carbonyl (C=O) groups is 2. The molecule has 0 aliphatic rings. The first-order valence-electron chi connectivity index (χ1n) is 8.81. The zero-order valence-electron chi connectivity index (χ0n) is 15.5. The Hall–Kier alpha value is -3.61. The summed E-state index contributed by atoms with van der Waals surface area (Å²) in [6.07, 6.45) is 0. The van der Waals surface area contributed by atoms with Gasteiger partial charge in [-0.15, -0.1) is 0 Å². The van der Waals surface area contributed by atoms with E-state index in [0.29, 0.717) is 29.0 Å². The van der Waals surface area contributed by atoms with Gasteiger partial charge in [0, 0.05) is 23.2 Å². The summed E-state index contributed by atoms with van der Waals surface area (Å²) < 4.78 is 15.5. The molecule has 0 fully saturated rings. The lowest BCUT2D eigenvalue weighted by molar-refractivity contribution is 0.0526. The van der Waals surface area contributed by atoms with Gasteiger partial charge in [-0.05, 0) is 50.2 Å². The van der Waals surface area contributed by atoms with Crippen LogP contribution in [-0.4, -0.2) is 25.1 Å². The zero-order chi connectivity index (χ0) is 20.1. The summed E-state index contributed by atoms with van der Waals surface area (Å²) in [4.78, 5) is 36.3. The maximum absolute atomic E-state index is 12.7. The van der Waals surface area contributed by atoms with Gasteiger partial charge in [-0.25, -0.2) is 9.59 Å². The molecule has 28 heavy (non-hydrogen) atoms. The molecule has 0 saturated heterocycles. The van der Waals surface area contributed by atoms with Gasteiger partial charge in [0.2, 0.25) is 0 Å². The van der Waals surface area contributed by atoms with E-state index < -0.39 is 17.5 Å². The quantitative estimate of drug-likeness (QED) is 0.518.